The number of esters is 1. The van der Waals surface area contributed by atoms with E-state index in [-0.39, 0.29) is 30.3 Å². The molecule has 42 heavy (non-hydrogen) atoms. The van der Waals surface area contributed by atoms with Crippen molar-refractivity contribution in [2.24, 2.45) is 5.92 Å². The summed E-state index contributed by atoms with van der Waals surface area (Å²) in [5.74, 6) is -1.07. The maximum absolute atomic E-state index is 13.7. The molecule has 1 aliphatic heterocycles. The average molecular weight is 591 g/mol. The molecule has 0 spiro atoms. The lowest BCUT2D eigenvalue weighted by atomic mass is 9.78. The van der Waals surface area contributed by atoms with Gasteiger partial charge >= 0.3 is 5.97 Å². The maximum Gasteiger partial charge on any atom is 0.303 e. The van der Waals surface area contributed by atoms with Crippen LogP contribution in [-0.2, 0) is 27.2 Å². The molecule has 0 aromatic heterocycles. The summed E-state index contributed by atoms with van der Waals surface area (Å²) in [6.07, 6.45) is 4.94. The number of hydrogen-bond acceptors (Lipinski definition) is 6. The summed E-state index contributed by atoms with van der Waals surface area (Å²) < 4.78 is 22.4. The van der Waals surface area contributed by atoms with Gasteiger partial charge in [-0.2, -0.15) is 0 Å². The third kappa shape index (κ3) is 8.09. The average Bonchev–Trinajstić information content (AvgIpc) is 2.99. The van der Waals surface area contributed by atoms with E-state index in [1.807, 2.05) is 47.6 Å². The highest BCUT2D eigenvalue weighted by Crippen LogP contribution is 2.46. The fourth-order valence-corrected chi connectivity index (χ4v) is 5.82. The van der Waals surface area contributed by atoms with E-state index >= 15 is 0 Å². The summed E-state index contributed by atoms with van der Waals surface area (Å²) in [4.78, 5) is 27.4. The normalized spacial score (nSPS) is 17.0. The van der Waals surface area contributed by atoms with Crippen LogP contribution < -0.4 is 9.62 Å². The first kappa shape index (κ1) is 31.5. The standard InChI is InChI=1S/C34H39FN2O4S/c1-23(22-38)21-26-6-10-28(11-7-26)33-31(18-19-32(41-24(2)39)27-12-14-29(35)15-13-27)34(40)37(33)30-16-8-25(9-17-30)5-4-20-36-42-3/h6-17,31-33,36,38H,1,4-5,18-22H2,2-3H3/t31-,32+,33-/m1/s1. The molecule has 3 aromatic carbocycles. The smallest absolute Gasteiger partial charge is 0.303 e. The Hall–Kier alpha value is -3.46. The minimum Gasteiger partial charge on any atom is -0.458 e. The topological polar surface area (TPSA) is 78.9 Å². The van der Waals surface area contributed by atoms with Crippen LogP contribution in [0.5, 0.6) is 0 Å². The lowest BCUT2D eigenvalue weighted by molar-refractivity contribution is -0.147. The number of amides is 1. The van der Waals surface area contributed by atoms with E-state index in [9.17, 15) is 19.1 Å². The van der Waals surface area contributed by atoms with Crippen LogP contribution in [0.15, 0.2) is 84.9 Å². The Morgan fingerprint density at radius 2 is 1.74 bits per heavy atom. The van der Waals surface area contributed by atoms with Crippen molar-refractivity contribution in [3.8, 4) is 0 Å². The van der Waals surface area contributed by atoms with Crippen molar-refractivity contribution >= 4 is 29.5 Å². The van der Waals surface area contributed by atoms with Crippen molar-refractivity contribution in [2.75, 3.05) is 24.3 Å². The highest BCUT2D eigenvalue weighted by molar-refractivity contribution is 7.96. The van der Waals surface area contributed by atoms with Crippen molar-refractivity contribution < 1.29 is 23.8 Å². The van der Waals surface area contributed by atoms with Gasteiger partial charge in [0.25, 0.3) is 0 Å². The van der Waals surface area contributed by atoms with Gasteiger partial charge in [-0.15, -0.1) is 0 Å². The predicted molar refractivity (Wildman–Crippen MR) is 167 cm³/mol. The highest BCUT2D eigenvalue weighted by Gasteiger charge is 2.48. The van der Waals surface area contributed by atoms with E-state index < -0.39 is 12.1 Å². The van der Waals surface area contributed by atoms with Crippen molar-refractivity contribution in [3.05, 3.63) is 113 Å². The Morgan fingerprint density at radius 1 is 1.07 bits per heavy atom. The number of carbonyl (C=O) groups is 2. The molecule has 1 saturated heterocycles. The molecule has 1 fully saturated rings. The molecule has 1 amide bonds. The first-order valence-corrected chi connectivity index (χ1v) is 15.5. The third-order valence-corrected chi connectivity index (χ3v) is 8.10. The predicted octanol–water partition coefficient (Wildman–Crippen LogP) is 6.51. The molecule has 2 N–H and O–H groups in total. The fourth-order valence-electron chi connectivity index (χ4n) is 5.47. The van der Waals surface area contributed by atoms with E-state index in [4.69, 9.17) is 4.74 Å². The van der Waals surface area contributed by atoms with Gasteiger partial charge in [-0.05, 0) is 90.5 Å². The largest absolute Gasteiger partial charge is 0.458 e. The zero-order valence-corrected chi connectivity index (χ0v) is 25.0. The van der Waals surface area contributed by atoms with Crippen molar-refractivity contribution in [1.29, 1.82) is 0 Å². The first-order chi connectivity index (χ1) is 20.3. The number of nitrogens with one attached hydrogen (secondary N) is 1. The third-order valence-electron chi connectivity index (χ3n) is 7.61. The Bertz CT molecular complexity index is 1350. The number of ether oxygens (including phenoxy) is 1. The molecule has 3 aromatic rings. The molecule has 1 heterocycles. The summed E-state index contributed by atoms with van der Waals surface area (Å²) in [7, 11) is 0. The Morgan fingerprint density at radius 3 is 2.36 bits per heavy atom. The van der Waals surface area contributed by atoms with Gasteiger partial charge in [-0.1, -0.05) is 67.1 Å². The highest BCUT2D eigenvalue weighted by atomic mass is 32.2. The molecule has 8 heteroatoms. The van der Waals surface area contributed by atoms with Crippen LogP contribution in [0.3, 0.4) is 0 Å². The number of hydrogen-bond donors (Lipinski definition) is 2. The van der Waals surface area contributed by atoms with E-state index in [0.717, 1.165) is 41.8 Å². The lowest BCUT2D eigenvalue weighted by Crippen LogP contribution is -2.55. The van der Waals surface area contributed by atoms with Crippen LogP contribution in [0.25, 0.3) is 0 Å². The van der Waals surface area contributed by atoms with Gasteiger partial charge in [0.15, 0.2) is 0 Å². The second-order valence-electron chi connectivity index (χ2n) is 10.7. The number of aryl methyl sites for hydroxylation is 1. The van der Waals surface area contributed by atoms with Crippen LogP contribution in [0.4, 0.5) is 10.1 Å². The van der Waals surface area contributed by atoms with Crippen molar-refractivity contribution in [3.63, 3.8) is 0 Å². The molecular weight excluding hydrogens is 551 g/mol. The maximum atomic E-state index is 13.7. The van der Waals surface area contributed by atoms with Crippen LogP contribution in [-0.4, -0.2) is 36.4 Å². The molecule has 0 aliphatic carbocycles. The number of β-lactam (4-membered cyclic amide) rings is 1. The number of aliphatic hydroxyl groups excluding tert-OH is 1. The summed E-state index contributed by atoms with van der Waals surface area (Å²) >= 11 is 1.62. The molecule has 0 radical (unpaired) electrons. The van der Waals surface area contributed by atoms with Crippen LogP contribution >= 0.6 is 11.9 Å². The SMILES string of the molecule is C=C(CO)Cc1ccc([C@@H]2[C@@H](CC[C@H](OC(C)=O)c3ccc(F)cc3)C(=O)N2c2ccc(CCCNSC)cc2)cc1. The molecule has 0 unspecified atom stereocenters. The van der Waals surface area contributed by atoms with E-state index in [0.29, 0.717) is 24.8 Å². The summed E-state index contributed by atoms with van der Waals surface area (Å²) in [6.45, 7) is 6.12. The number of carbonyl (C=O) groups excluding carboxylic acids is 2. The van der Waals surface area contributed by atoms with E-state index in [2.05, 4.69) is 23.4 Å². The summed E-state index contributed by atoms with van der Waals surface area (Å²) in [6, 6.07) is 22.0. The number of rotatable bonds is 15. The second kappa shape index (κ2) is 15.1. The molecule has 6 nitrogen and oxygen atoms in total. The Labute approximate surface area is 252 Å². The molecule has 0 saturated carbocycles. The molecule has 222 valence electrons. The van der Waals surface area contributed by atoms with Gasteiger partial charge in [-0.3, -0.25) is 14.3 Å². The molecule has 3 atom stereocenters. The van der Waals surface area contributed by atoms with Crippen molar-refractivity contribution in [1.82, 2.24) is 4.72 Å². The van der Waals surface area contributed by atoms with Crippen LogP contribution in [0, 0.1) is 11.7 Å². The quantitative estimate of drug-likeness (QED) is 0.0691. The van der Waals surface area contributed by atoms with Crippen LogP contribution in [0.2, 0.25) is 0 Å². The fraction of sp³-hybridized carbons (Fsp3) is 0.353. The number of benzene rings is 3. The first-order valence-electron chi connectivity index (χ1n) is 14.3. The van der Waals surface area contributed by atoms with Crippen LogP contribution in [0.1, 0.15) is 60.6 Å². The number of aliphatic hydroxyl groups is 1. The van der Waals surface area contributed by atoms with E-state index in [1.54, 1.807) is 24.1 Å². The van der Waals surface area contributed by atoms with Gasteiger partial charge < -0.3 is 14.7 Å². The Kier molecular flexibility index (Phi) is 11.3. The minimum atomic E-state index is -0.572. The van der Waals surface area contributed by atoms with E-state index in [1.165, 1.54) is 24.6 Å². The van der Waals surface area contributed by atoms with Gasteiger partial charge in [0.05, 0.1) is 18.6 Å². The molecule has 4 rings (SSSR count). The molecule has 1 aliphatic rings. The Balaban J connectivity index is 1.55. The van der Waals surface area contributed by atoms with Crippen molar-refractivity contribution in [2.45, 2.75) is 51.2 Å². The number of anilines is 1. The zero-order valence-electron chi connectivity index (χ0n) is 24.2. The van der Waals surface area contributed by atoms with Gasteiger partial charge in [0, 0.05) is 19.2 Å². The summed E-state index contributed by atoms with van der Waals surface area (Å²) in [5.41, 5.74) is 5.56. The molecule has 0 bridgehead atoms. The monoisotopic (exact) mass is 590 g/mol. The molecular formula is C34H39FN2O4S. The summed E-state index contributed by atoms with van der Waals surface area (Å²) in [5, 5.41) is 9.36. The number of nitrogens with zero attached hydrogens (tertiary/aromatic N) is 1. The minimum absolute atomic E-state index is 0.0235. The van der Waals surface area contributed by atoms with Gasteiger partial charge in [0.2, 0.25) is 5.91 Å². The van der Waals surface area contributed by atoms with Gasteiger partial charge in [0.1, 0.15) is 11.9 Å². The second-order valence-corrected chi connectivity index (χ2v) is 11.4. The zero-order chi connectivity index (χ0) is 30.1. The lowest BCUT2D eigenvalue weighted by Gasteiger charge is -2.48. The number of halogens is 1. The van der Waals surface area contributed by atoms with Gasteiger partial charge in [-0.25, -0.2) is 4.39 Å².